The highest BCUT2D eigenvalue weighted by Gasteiger charge is 2.32. The van der Waals surface area contributed by atoms with Crippen molar-refractivity contribution >= 4 is 22.5 Å². The van der Waals surface area contributed by atoms with Crippen molar-refractivity contribution in [3.63, 3.8) is 0 Å². The molecule has 2 N–H and O–H groups in total. The Hall–Kier alpha value is -3.26. The number of nitrogens with zero attached hydrogens (tertiary/aromatic N) is 4. The summed E-state index contributed by atoms with van der Waals surface area (Å²) < 4.78 is 0. The molecule has 1 amide bonds. The molecule has 4 heterocycles. The van der Waals surface area contributed by atoms with Gasteiger partial charge < -0.3 is 15.2 Å². The molecule has 0 radical (unpaired) electrons. The van der Waals surface area contributed by atoms with Crippen molar-refractivity contribution in [2.75, 3.05) is 38.1 Å². The van der Waals surface area contributed by atoms with Crippen molar-refractivity contribution in [1.29, 1.82) is 0 Å². The molecule has 1 aliphatic heterocycles. The molecule has 2 fully saturated rings. The number of carbonyl (C=O) groups excluding carboxylic acids is 1. The van der Waals surface area contributed by atoms with Gasteiger partial charge in [-0.1, -0.05) is 0 Å². The van der Waals surface area contributed by atoms with E-state index < -0.39 is 0 Å². The smallest absolute Gasteiger partial charge is 0.269 e. The van der Waals surface area contributed by atoms with E-state index in [0.29, 0.717) is 23.0 Å². The fraction of sp³-hybridized carbons (Fsp3) is 0.440. The number of piperazine rings is 1. The number of anilines is 1. The molecule has 1 saturated carbocycles. The molecule has 3 aromatic heterocycles. The number of aromatic nitrogens is 3. The van der Waals surface area contributed by atoms with Gasteiger partial charge in [-0.3, -0.25) is 19.5 Å². The van der Waals surface area contributed by atoms with Crippen LogP contribution in [-0.4, -0.2) is 65.0 Å². The molecular weight excluding hydrogens is 416 g/mol. The minimum Gasteiger partial charge on any atom is -0.368 e. The summed E-state index contributed by atoms with van der Waals surface area (Å²) in [6, 6.07) is 8.27. The average Bonchev–Trinajstić information content (AvgIpc) is 3.34. The van der Waals surface area contributed by atoms with Gasteiger partial charge in [0.25, 0.3) is 11.5 Å². The molecule has 5 rings (SSSR count). The second-order valence-electron chi connectivity index (χ2n) is 9.17. The Balaban J connectivity index is 1.21. The van der Waals surface area contributed by atoms with Gasteiger partial charge in [-0.2, -0.15) is 0 Å². The highest BCUT2D eigenvalue weighted by molar-refractivity contribution is 5.92. The molecule has 2 aliphatic rings. The summed E-state index contributed by atoms with van der Waals surface area (Å²) in [4.78, 5) is 41.1. The molecule has 8 nitrogen and oxygen atoms in total. The van der Waals surface area contributed by atoms with E-state index >= 15 is 0 Å². The fourth-order valence-corrected chi connectivity index (χ4v) is 5.23. The molecule has 2 unspecified atom stereocenters. The van der Waals surface area contributed by atoms with Crippen molar-refractivity contribution in [3.8, 4) is 0 Å². The quantitative estimate of drug-likeness (QED) is 0.639. The maximum atomic E-state index is 12.6. The van der Waals surface area contributed by atoms with Crippen LogP contribution in [0.4, 0.5) is 5.69 Å². The zero-order valence-electron chi connectivity index (χ0n) is 19.2. The van der Waals surface area contributed by atoms with E-state index in [1.807, 2.05) is 25.3 Å². The van der Waals surface area contributed by atoms with E-state index in [2.05, 4.69) is 36.1 Å². The lowest BCUT2D eigenvalue weighted by molar-refractivity contribution is 0.0958. The maximum Gasteiger partial charge on any atom is 0.269 e. The monoisotopic (exact) mass is 446 g/mol. The number of amides is 1. The normalized spacial score (nSPS) is 21.5. The number of H-pyrrole nitrogens is 1. The molecular formula is C25H30N6O2. The second-order valence-corrected chi connectivity index (χ2v) is 9.17. The Morgan fingerprint density at radius 2 is 1.91 bits per heavy atom. The number of rotatable bonds is 4. The summed E-state index contributed by atoms with van der Waals surface area (Å²) in [5.41, 5.74) is 4.27. The van der Waals surface area contributed by atoms with Crippen LogP contribution in [0.25, 0.3) is 10.9 Å². The van der Waals surface area contributed by atoms with Crippen LogP contribution in [0.2, 0.25) is 0 Å². The van der Waals surface area contributed by atoms with Crippen molar-refractivity contribution in [2.45, 2.75) is 38.1 Å². The summed E-state index contributed by atoms with van der Waals surface area (Å²) in [5, 5.41) is 3.27. The lowest BCUT2D eigenvalue weighted by atomic mass is 10.0. The predicted molar refractivity (Wildman–Crippen MR) is 129 cm³/mol. The fourth-order valence-electron chi connectivity index (χ4n) is 5.23. The number of aromatic amines is 1. The van der Waals surface area contributed by atoms with Crippen LogP contribution < -0.4 is 15.8 Å². The average molecular weight is 447 g/mol. The van der Waals surface area contributed by atoms with E-state index in [-0.39, 0.29) is 11.5 Å². The van der Waals surface area contributed by atoms with Crippen LogP contribution in [-0.2, 0) is 0 Å². The van der Waals surface area contributed by atoms with Gasteiger partial charge in [0.15, 0.2) is 0 Å². The minimum absolute atomic E-state index is 0.0354. The molecule has 0 aromatic carbocycles. The van der Waals surface area contributed by atoms with Crippen LogP contribution in [0.15, 0.2) is 41.5 Å². The van der Waals surface area contributed by atoms with Crippen LogP contribution >= 0.6 is 0 Å². The zero-order valence-corrected chi connectivity index (χ0v) is 19.2. The molecule has 8 heteroatoms. The van der Waals surface area contributed by atoms with E-state index in [1.165, 1.54) is 0 Å². The molecule has 2 atom stereocenters. The van der Waals surface area contributed by atoms with Gasteiger partial charge in [0.05, 0.1) is 22.8 Å². The van der Waals surface area contributed by atoms with E-state index in [1.54, 1.807) is 19.3 Å². The van der Waals surface area contributed by atoms with Crippen molar-refractivity contribution in [2.24, 2.45) is 0 Å². The predicted octanol–water partition coefficient (Wildman–Crippen LogP) is 2.44. The number of pyridine rings is 3. The summed E-state index contributed by atoms with van der Waals surface area (Å²) >= 11 is 0. The molecule has 1 saturated heterocycles. The van der Waals surface area contributed by atoms with Crippen molar-refractivity contribution in [1.82, 2.24) is 25.2 Å². The topological polar surface area (TPSA) is 94.2 Å². The second kappa shape index (κ2) is 8.94. The molecule has 1 aliphatic carbocycles. The largest absolute Gasteiger partial charge is 0.368 e. The van der Waals surface area contributed by atoms with Crippen LogP contribution in [0.3, 0.4) is 0 Å². The van der Waals surface area contributed by atoms with Gasteiger partial charge in [0.1, 0.15) is 5.69 Å². The van der Waals surface area contributed by atoms with Gasteiger partial charge in [-0.05, 0) is 56.0 Å². The van der Waals surface area contributed by atoms with E-state index in [0.717, 1.165) is 67.9 Å². The zero-order chi connectivity index (χ0) is 22.9. The Labute approximate surface area is 193 Å². The third-order valence-corrected chi connectivity index (χ3v) is 7.10. The SMILES string of the molecule is CNC(=O)c1ccc(N2CCN(C3CCC(c4cc5ncc(C)cc5c(=O)[nH]4)C3)CC2)cn1. The molecule has 33 heavy (non-hydrogen) atoms. The summed E-state index contributed by atoms with van der Waals surface area (Å²) in [7, 11) is 1.61. The van der Waals surface area contributed by atoms with Gasteiger partial charge in [0.2, 0.25) is 0 Å². The Morgan fingerprint density at radius 1 is 1.09 bits per heavy atom. The van der Waals surface area contributed by atoms with Gasteiger partial charge >= 0.3 is 0 Å². The third kappa shape index (κ3) is 4.35. The Morgan fingerprint density at radius 3 is 2.64 bits per heavy atom. The maximum absolute atomic E-state index is 12.6. The minimum atomic E-state index is -0.166. The van der Waals surface area contributed by atoms with E-state index in [4.69, 9.17) is 0 Å². The van der Waals surface area contributed by atoms with Crippen molar-refractivity contribution in [3.05, 3.63) is 64.0 Å². The van der Waals surface area contributed by atoms with Gasteiger partial charge in [0, 0.05) is 57.1 Å². The van der Waals surface area contributed by atoms with Crippen LogP contribution in [0.1, 0.15) is 46.9 Å². The first-order chi connectivity index (χ1) is 16.0. The molecule has 0 spiro atoms. The molecule has 0 bridgehead atoms. The highest BCUT2D eigenvalue weighted by Crippen LogP contribution is 2.36. The summed E-state index contributed by atoms with van der Waals surface area (Å²) in [6.07, 6.45) is 6.91. The number of nitrogens with one attached hydrogen (secondary N) is 2. The lowest BCUT2D eigenvalue weighted by Crippen LogP contribution is -2.49. The Bertz CT molecular complexity index is 1210. The van der Waals surface area contributed by atoms with Gasteiger partial charge in [-0.25, -0.2) is 4.98 Å². The molecule has 172 valence electrons. The first-order valence-electron chi connectivity index (χ1n) is 11.7. The number of hydrogen-bond donors (Lipinski definition) is 2. The first kappa shape index (κ1) is 21.6. The summed E-state index contributed by atoms with van der Waals surface area (Å²) in [6.45, 7) is 5.85. The number of hydrogen-bond acceptors (Lipinski definition) is 6. The Kier molecular flexibility index (Phi) is 5.85. The van der Waals surface area contributed by atoms with Gasteiger partial charge in [-0.15, -0.1) is 0 Å². The van der Waals surface area contributed by atoms with Crippen molar-refractivity contribution < 1.29 is 4.79 Å². The number of carbonyl (C=O) groups is 1. The third-order valence-electron chi connectivity index (χ3n) is 7.10. The summed E-state index contributed by atoms with van der Waals surface area (Å²) in [5.74, 6) is 0.204. The number of aryl methyl sites for hydroxylation is 1. The molecule has 3 aromatic rings. The van der Waals surface area contributed by atoms with E-state index in [9.17, 15) is 9.59 Å². The highest BCUT2D eigenvalue weighted by atomic mass is 16.1. The lowest BCUT2D eigenvalue weighted by Gasteiger charge is -2.39. The number of fused-ring (bicyclic) bond motifs is 1. The van der Waals surface area contributed by atoms with Crippen LogP contribution in [0.5, 0.6) is 0 Å². The van der Waals surface area contributed by atoms with Crippen LogP contribution in [0, 0.1) is 6.92 Å². The standard InChI is InChI=1S/C25H30N6O2/c1-16-11-20-23(27-14-16)13-22(29-24(20)32)17-3-4-18(12-17)30-7-9-31(10-8-30)19-5-6-21(28-15-19)25(33)26-2/h5-6,11,13-15,17-18H,3-4,7-10,12H2,1-2H3,(H,26,33)(H,29,32). The first-order valence-corrected chi connectivity index (χ1v) is 11.7.